The zero-order valence-electron chi connectivity index (χ0n) is 22.6. The van der Waals surface area contributed by atoms with E-state index in [0.29, 0.717) is 40.7 Å². The molecule has 3 aromatic carbocycles. The van der Waals surface area contributed by atoms with E-state index >= 15 is 0 Å². The van der Waals surface area contributed by atoms with Crippen molar-refractivity contribution in [2.24, 2.45) is 0 Å². The molecule has 1 unspecified atom stereocenters. The Morgan fingerprint density at radius 1 is 1.05 bits per heavy atom. The molecule has 0 aromatic heterocycles. The predicted octanol–water partition coefficient (Wildman–Crippen LogP) is 5.37. The third-order valence-electron chi connectivity index (χ3n) is 5.87. The van der Waals surface area contributed by atoms with Crippen LogP contribution in [0, 0.1) is 6.92 Å². The van der Waals surface area contributed by atoms with Gasteiger partial charge in [0, 0.05) is 5.56 Å². The Labute approximate surface area is 247 Å². The van der Waals surface area contributed by atoms with Crippen LogP contribution in [0.5, 0.6) is 17.2 Å². The van der Waals surface area contributed by atoms with Crippen LogP contribution >= 0.6 is 24.0 Å². The number of thiocarbonyl (C=S) groups is 1. The van der Waals surface area contributed by atoms with Crippen LogP contribution in [0.3, 0.4) is 0 Å². The van der Waals surface area contributed by atoms with Gasteiger partial charge < -0.3 is 19.3 Å². The quantitative estimate of drug-likeness (QED) is 0.224. The summed E-state index contributed by atoms with van der Waals surface area (Å²) in [6.07, 6.45) is 0.542. The largest absolute Gasteiger partial charge is 0.490 e. The maximum atomic E-state index is 13.1. The highest BCUT2D eigenvalue weighted by Crippen LogP contribution is 2.34. The molecule has 1 atom stereocenters. The van der Waals surface area contributed by atoms with Crippen molar-refractivity contribution in [3.05, 3.63) is 93.9 Å². The fourth-order valence-electron chi connectivity index (χ4n) is 3.66. The fourth-order valence-corrected chi connectivity index (χ4v) is 4.84. The summed E-state index contributed by atoms with van der Waals surface area (Å²) in [5.41, 5.74) is 5.71. The number of carboxylic acids is 1. The molecule has 1 aliphatic heterocycles. The Balaban J connectivity index is 1.40. The molecule has 1 saturated heterocycles. The highest BCUT2D eigenvalue weighted by molar-refractivity contribution is 8.26. The summed E-state index contributed by atoms with van der Waals surface area (Å²) in [5, 5.41) is 10.2. The van der Waals surface area contributed by atoms with E-state index < -0.39 is 23.9 Å². The second kappa shape index (κ2) is 13.3. The van der Waals surface area contributed by atoms with Gasteiger partial charge >= 0.3 is 5.97 Å². The number of amides is 2. The van der Waals surface area contributed by atoms with Gasteiger partial charge in [-0.15, -0.1) is 0 Å². The summed E-state index contributed by atoms with van der Waals surface area (Å²) in [6.45, 7) is 5.96. The number of aliphatic carboxylic acids is 1. The summed E-state index contributed by atoms with van der Waals surface area (Å²) >= 11 is 6.39. The van der Waals surface area contributed by atoms with E-state index in [-0.39, 0.29) is 10.1 Å². The van der Waals surface area contributed by atoms with Crippen LogP contribution in [0.2, 0.25) is 0 Å². The Hall–Kier alpha value is -4.35. The highest BCUT2D eigenvalue weighted by atomic mass is 32.2. The van der Waals surface area contributed by atoms with Crippen molar-refractivity contribution in [2.75, 3.05) is 6.61 Å². The molecule has 0 aliphatic carbocycles. The smallest absolute Gasteiger partial charge is 0.344 e. The summed E-state index contributed by atoms with van der Waals surface area (Å²) in [4.78, 5) is 37.4. The molecule has 3 aromatic rings. The maximum Gasteiger partial charge on any atom is 0.344 e. The third-order valence-corrected chi connectivity index (χ3v) is 7.17. The van der Waals surface area contributed by atoms with E-state index in [1.165, 1.54) is 12.5 Å². The van der Waals surface area contributed by atoms with Gasteiger partial charge in [-0.25, -0.2) is 4.79 Å². The summed E-state index contributed by atoms with van der Waals surface area (Å²) < 4.78 is 17.0. The number of aryl methyl sites for hydroxylation is 1. The Kier molecular flexibility index (Phi) is 9.64. The van der Waals surface area contributed by atoms with Crippen LogP contribution in [0.25, 0.3) is 6.08 Å². The first-order chi connectivity index (χ1) is 19.6. The lowest BCUT2D eigenvalue weighted by atomic mass is 10.1. The van der Waals surface area contributed by atoms with Crippen molar-refractivity contribution in [3.8, 4) is 17.2 Å². The maximum absolute atomic E-state index is 13.1. The number of hydrazine groups is 1. The second-order valence-electron chi connectivity index (χ2n) is 8.99. The lowest BCUT2D eigenvalue weighted by Crippen LogP contribution is -2.44. The van der Waals surface area contributed by atoms with Gasteiger partial charge in [0.15, 0.2) is 21.9 Å². The lowest BCUT2D eigenvalue weighted by Gasteiger charge is -2.16. The highest BCUT2D eigenvalue weighted by Gasteiger charge is 2.34. The summed E-state index contributed by atoms with van der Waals surface area (Å²) in [7, 11) is 0. The standard InChI is InChI=1S/C30H28N2O7S2/c1-4-37-25-15-21(9-14-24(25)39-19(3)29(35)36)16-26-28(34)32(30(40)41-26)31-27(33)22-10-12-23(13-11-22)38-17-20-7-5-18(2)6-8-20/h5-16,19H,4,17H2,1-3H3,(H,31,33)(H,35,36)/b26-16+. The molecule has 9 nitrogen and oxygen atoms in total. The average Bonchev–Trinajstić information content (AvgIpc) is 3.21. The van der Waals surface area contributed by atoms with Crippen molar-refractivity contribution >= 4 is 52.2 Å². The lowest BCUT2D eigenvalue weighted by molar-refractivity contribution is -0.144. The minimum absolute atomic E-state index is 0.174. The van der Waals surface area contributed by atoms with Gasteiger partial charge in [0.1, 0.15) is 12.4 Å². The molecule has 2 amide bonds. The van der Waals surface area contributed by atoms with Crippen LogP contribution in [-0.2, 0) is 16.2 Å². The first kappa shape index (κ1) is 29.6. The molecule has 4 rings (SSSR count). The number of benzene rings is 3. The molecule has 41 heavy (non-hydrogen) atoms. The van der Waals surface area contributed by atoms with E-state index in [2.05, 4.69) is 5.43 Å². The number of hydrogen-bond acceptors (Lipinski definition) is 8. The van der Waals surface area contributed by atoms with Crippen LogP contribution < -0.4 is 19.6 Å². The van der Waals surface area contributed by atoms with Gasteiger partial charge in [-0.2, -0.15) is 5.01 Å². The van der Waals surface area contributed by atoms with Crippen molar-refractivity contribution in [3.63, 3.8) is 0 Å². The molecule has 11 heteroatoms. The van der Waals surface area contributed by atoms with Crippen LogP contribution in [-0.4, -0.2) is 44.9 Å². The van der Waals surface area contributed by atoms with E-state index in [4.69, 9.17) is 31.5 Å². The summed E-state index contributed by atoms with van der Waals surface area (Å²) in [6, 6.07) is 19.5. The topological polar surface area (TPSA) is 114 Å². The van der Waals surface area contributed by atoms with Gasteiger partial charge in [-0.1, -0.05) is 47.7 Å². The van der Waals surface area contributed by atoms with Gasteiger partial charge in [-0.05, 0) is 86.6 Å². The zero-order chi connectivity index (χ0) is 29.5. The molecule has 212 valence electrons. The second-order valence-corrected chi connectivity index (χ2v) is 10.7. The van der Waals surface area contributed by atoms with Gasteiger partial charge in [0.2, 0.25) is 0 Å². The monoisotopic (exact) mass is 592 g/mol. The van der Waals surface area contributed by atoms with Crippen molar-refractivity contribution in [2.45, 2.75) is 33.5 Å². The number of hydrogen-bond donors (Lipinski definition) is 2. The Morgan fingerprint density at radius 2 is 1.76 bits per heavy atom. The molecular weight excluding hydrogens is 564 g/mol. The minimum Gasteiger partial charge on any atom is -0.490 e. The van der Waals surface area contributed by atoms with Crippen molar-refractivity contribution in [1.82, 2.24) is 10.4 Å². The molecular formula is C30H28N2O7S2. The van der Waals surface area contributed by atoms with E-state index in [1.807, 2.05) is 31.2 Å². The Morgan fingerprint density at radius 3 is 2.41 bits per heavy atom. The first-order valence-electron chi connectivity index (χ1n) is 12.7. The molecule has 2 N–H and O–H groups in total. The van der Waals surface area contributed by atoms with E-state index in [0.717, 1.165) is 22.3 Å². The third kappa shape index (κ3) is 7.65. The number of nitrogens with one attached hydrogen (secondary N) is 1. The number of carbonyl (C=O) groups is 3. The zero-order valence-corrected chi connectivity index (χ0v) is 24.2. The summed E-state index contributed by atoms with van der Waals surface area (Å²) in [5.74, 6) is -0.875. The van der Waals surface area contributed by atoms with Crippen molar-refractivity contribution < 1.29 is 33.7 Å². The first-order valence-corrected chi connectivity index (χ1v) is 13.9. The van der Waals surface area contributed by atoms with Gasteiger partial charge in [-0.3, -0.25) is 15.0 Å². The van der Waals surface area contributed by atoms with Crippen LogP contribution in [0.15, 0.2) is 71.6 Å². The number of carbonyl (C=O) groups excluding carboxylic acids is 2. The average molecular weight is 593 g/mol. The number of thioether (sulfide) groups is 1. The molecule has 1 fully saturated rings. The van der Waals surface area contributed by atoms with Crippen molar-refractivity contribution in [1.29, 1.82) is 0 Å². The van der Waals surface area contributed by atoms with Gasteiger partial charge in [0.05, 0.1) is 11.5 Å². The van der Waals surface area contributed by atoms with E-state index in [9.17, 15) is 14.4 Å². The number of carboxylic acid groups (broad SMARTS) is 1. The van der Waals surface area contributed by atoms with Crippen LogP contribution in [0.1, 0.15) is 40.9 Å². The molecule has 0 saturated carbocycles. The number of nitrogens with zero attached hydrogens (tertiary/aromatic N) is 1. The normalized spacial score (nSPS) is 14.6. The SMILES string of the molecule is CCOc1cc(/C=C2/SC(=S)N(NC(=O)c3ccc(OCc4ccc(C)cc4)cc3)C2=O)ccc1OC(C)C(=O)O. The predicted molar refractivity (Wildman–Crippen MR) is 160 cm³/mol. The van der Waals surface area contributed by atoms with Crippen LogP contribution in [0.4, 0.5) is 0 Å². The molecule has 0 spiro atoms. The molecule has 0 bridgehead atoms. The number of ether oxygens (including phenoxy) is 3. The van der Waals surface area contributed by atoms with Gasteiger partial charge in [0.25, 0.3) is 11.8 Å². The van der Waals surface area contributed by atoms with E-state index in [1.54, 1.807) is 55.5 Å². The minimum atomic E-state index is -1.11. The number of rotatable bonds is 11. The molecule has 0 radical (unpaired) electrons. The molecule has 1 aliphatic rings. The molecule has 1 heterocycles. The Bertz CT molecular complexity index is 1490. The fraction of sp³-hybridized carbons (Fsp3) is 0.200.